The number of ether oxygens (including phenoxy) is 1. The zero-order valence-corrected chi connectivity index (χ0v) is 8.49. The normalized spacial score (nSPS) is 21.4. The van der Waals surface area contributed by atoms with Gasteiger partial charge in [0.05, 0.1) is 6.61 Å². The van der Waals surface area contributed by atoms with Crippen molar-refractivity contribution < 1.29 is 4.74 Å². The highest BCUT2D eigenvalue weighted by molar-refractivity contribution is 5.26. The van der Waals surface area contributed by atoms with E-state index in [0.29, 0.717) is 12.6 Å². The first-order chi connectivity index (χ1) is 6.92. The first-order valence-corrected chi connectivity index (χ1v) is 5.07. The Morgan fingerprint density at radius 3 is 3.29 bits per heavy atom. The Balaban J connectivity index is 2.21. The standard InChI is InChI=1S/C11H16N2O/c1-14-8-9-7-12-6-4-10(9)11-3-2-5-13-11/h4,6-7,11,13H,2-3,5,8H2,1H3. The molecule has 76 valence electrons. The summed E-state index contributed by atoms with van der Waals surface area (Å²) in [7, 11) is 1.72. The predicted octanol–water partition coefficient (Wildman–Crippen LogP) is 1.65. The van der Waals surface area contributed by atoms with Crippen LogP contribution < -0.4 is 5.32 Å². The molecule has 1 atom stereocenters. The minimum atomic E-state index is 0.503. The highest BCUT2D eigenvalue weighted by Crippen LogP contribution is 2.25. The second kappa shape index (κ2) is 4.53. The molecule has 3 heteroatoms. The van der Waals surface area contributed by atoms with Crippen LogP contribution in [0.25, 0.3) is 0 Å². The molecule has 1 aromatic rings. The van der Waals surface area contributed by atoms with Crippen molar-refractivity contribution in [2.24, 2.45) is 0 Å². The van der Waals surface area contributed by atoms with Crippen LogP contribution in [-0.4, -0.2) is 18.6 Å². The summed E-state index contributed by atoms with van der Waals surface area (Å²) in [5.41, 5.74) is 2.55. The number of methoxy groups -OCH3 is 1. The van der Waals surface area contributed by atoms with Crippen molar-refractivity contribution in [2.45, 2.75) is 25.5 Å². The summed E-state index contributed by atoms with van der Waals surface area (Å²) in [5.74, 6) is 0. The molecule has 0 bridgehead atoms. The van der Waals surface area contributed by atoms with Gasteiger partial charge in [-0.1, -0.05) is 0 Å². The smallest absolute Gasteiger partial charge is 0.0731 e. The first-order valence-electron chi connectivity index (χ1n) is 5.07. The Hall–Kier alpha value is -0.930. The highest BCUT2D eigenvalue weighted by Gasteiger charge is 2.18. The molecule has 14 heavy (non-hydrogen) atoms. The molecule has 0 aromatic carbocycles. The van der Waals surface area contributed by atoms with Crippen molar-refractivity contribution in [1.82, 2.24) is 10.3 Å². The fraction of sp³-hybridized carbons (Fsp3) is 0.545. The number of nitrogens with zero attached hydrogens (tertiary/aromatic N) is 1. The lowest BCUT2D eigenvalue weighted by molar-refractivity contribution is 0.183. The molecular formula is C11H16N2O. The lowest BCUT2D eigenvalue weighted by Gasteiger charge is -2.14. The quantitative estimate of drug-likeness (QED) is 0.790. The van der Waals surface area contributed by atoms with Crippen LogP contribution in [0.3, 0.4) is 0 Å². The number of pyridine rings is 1. The third kappa shape index (κ3) is 1.94. The summed E-state index contributed by atoms with van der Waals surface area (Å²) in [6.45, 7) is 1.78. The fourth-order valence-electron chi connectivity index (χ4n) is 2.00. The topological polar surface area (TPSA) is 34.1 Å². The number of hydrogen-bond acceptors (Lipinski definition) is 3. The number of aromatic nitrogens is 1. The molecule has 0 saturated carbocycles. The molecule has 0 amide bonds. The van der Waals surface area contributed by atoms with E-state index in [4.69, 9.17) is 4.74 Å². The largest absolute Gasteiger partial charge is 0.380 e. The second-order valence-electron chi connectivity index (χ2n) is 3.66. The molecule has 1 aromatic heterocycles. The Kier molecular flexibility index (Phi) is 3.11. The van der Waals surface area contributed by atoms with Gasteiger partial charge in [0.15, 0.2) is 0 Å². The van der Waals surface area contributed by atoms with Crippen molar-refractivity contribution in [3.63, 3.8) is 0 Å². The summed E-state index contributed by atoms with van der Waals surface area (Å²) in [4.78, 5) is 4.13. The van der Waals surface area contributed by atoms with Gasteiger partial charge in [0.25, 0.3) is 0 Å². The monoisotopic (exact) mass is 192 g/mol. The van der Waals surface area contributed by atoms with Gasteiger partial charge in [-0.2, -0.15) is 0 Å². The minimum Gasteiger partial charge on any atom is -0.380 e. The van der Waals surface area contributed by atoms with Crippen LogP contribution in [-0.2, 0) is 11.3 Å². The predicted molar refractivity (Wildman–Crippen MR) is 54.9 cm³/mol. The summed E-state index contributed by atoms with van der Waals surface area (Å²) < 4.78 is 5.16. The molecule has 1 N–H and O–H groups in total. The first kappa shape index (κ1) is 9.62. The Bertz CT molecular complexity index is 295. The highest BCUT2D eigenvalue weighted by atomic mass is 16.5. The second-order valence-corrected chi connectivity index (χ2v) is 3.66. The van der Waals surface area contributed by atoms with Crippen LogP contribution in [0.1, 0.15) is 30.0 Å². The number of nitrogens with one attached hydrogen (secondary N) is 1. The lowest BCUT2D eigenvalue weighted by atomic mass is 10.0. The van der Waals surface area contributed by atoms with E-state index in [1.807, 2.05) is 12.4 Å². The van der Waals surface area contributed by atoms with Gasteiger partial charge in [-0.05, 0) is 31.0 Å². The average molecular weight is 192 g/mol. The SMILES string of the molecule is COCc1cnccc1C1CCCN1. The van der Waals surface area contributed by atoms with E-state index in [9.17, 15) is 0 Å². The molecule has 1 aliphatic heterocycles. The molecule has 3 nitrogen and oxygen atoms in total. The van der Waals surface area contributed by atoms with E-state index >= 15 is 0 Å². The van der Waals surface area contributed by atoms with E-state index in [0.717, 1.165) is 6.54 Å². The maximum Gasteiger partial charge on any atom is 0.0731 e. The number of rotatable bonds is 3. The summed E-state index contributed by atoms with van der Waals surface area (Å²) in [6.07, 6.45) is 6.24. The number of hydrogen-bond donors (Lipinski definition) is 1. The van der Waals surface area contributed by atoms with Gasteiger partial charge in [0.1, 0.15) is 0 Å². The van der Waals surface area contributed by atoms with Gasteiger partial charge < -0.3 is 10.1 Å². The van der Waals surface area contributed by atoms with Crippen LogP contribution in [0.4, 0.5) is 0 Å². The maximum atomic E-state index is 5.16. The van der Waals surface area contributed by atoms with E-state index < -0.39 is 0 Å². The zero-order valence-electron chi connectivity index (χ0n) is 8.49. The maximum absolute atomic E-state index is 5.16. The van der Waals surface area contributed by atoms with Crippen molar-refractivity contribution in [2.75, 3.05) is 13.7 Å². The van der Waals surface area contributed by atoms with Crippen LogP contribution in [0.2, 0.25) is 0 Å². The van der Waals surface area contributed by atoms with Crippen molar-refractivity contribution >= 4 is 0 Å². The van der Waals surface area contributed by atoms with Gasteiger partial charge in [-0.3, -0.25) is 4.98 Å². The Morgan fingerprint density at radius 2 is 2.57 bits per heavy atom. The molecule has 1 aliphatic rings. The lowest BCUT2D eigenvalue weighted by Crippen LogP contribution is -2.15. The molecule has 0 radical (unpaired) electrons. The molecular weight excluding hydrogens is 176 g/mol. The zero-order chi connectivity index (χ0) is 9.80. The Morgan fingerprint density at radius 1 is 1.64 bits per heavy atom. The van der Waals surface area contributed by atoms with E-state index in [1.54, 1.807) is 7.11 Å². The van der Waals surface area contributed by atoms with E-state index in [2.05, 4.69) is 16.4 Å². The Labute approximate surface area is 84.5 Å². The van der Waals surface area contributed by atoms with Crippen LogP contribution in [0.5, 0.6) is 0 Å². The van der Waals surface area contributed by atoms with Gasteiger partial charge in [-0.25, -0.2) is 0 Å². The van der Waals surface area contributed by atoms with Gasteiger partial charge >= 0.3 is 0 Å². The molecule has 1 saturated heterocycles. The molecule has 2 heterocycles. The molecule has 0 aliphatic carbocycles. The fourth-order valence-corrected chi connectivity index (χ4v) is 2.00. The van der Waals surface area contributed by atoms with Gasteiger partial charge in [-0.15, -0.1) is 0 Å². The summed E-state index contributed by atoms with van der Waals surface area (Å²) in [5, 5.41) is 3.49. The van der Waals surface area contributed by atoms with Gasteiger partial charge in [0, 0.05) is 31.1 Å². The van der Waals surface area contributed by atoms with Crippen LogP contribution in [0.15, 0.2) is 18.5 Å². The van der Waals surface area contributed by atoms with Crippen LogP contribution >= 0.6 is 0 Å². The van der Waals surface area contributed by atoms with Crippen molar-refractivity contribution in [3.8, 4) is 0 Å². The van der Waals surface area contributed by atoms with Crippen LogP contribution in [0, 0.1) is 0 Å². The molecule has 1 fully saturated rings. The van der Waals surface area contributed by atoms with E-state index in [1.165, 1.54) is 24.0 Å². The van der Waals surface area contributed by atoms with Crippen molar-refractivity contribution in [1.29, 1.82) is 0 Å². The van der Waals surface area contributed by atoms with Crippen molar-refractivity contribution in [3.05, 3.63) is 29.6 Å². The van der Waals surface area contributed by atoms with E-state index in [-0.39, 0.29) is 0 Å². The molecule has 0 spiro atoms. The molecule has 1 unspecified atom stereocenters. The third-order valence-corrected chi connectivity index (χ3v) is 2.68. The van der Waals surface area contributed by atoms with Gasteiger partial charge in [0.2, 0.25) is 0 Å². The minimum absolute atomic E-state index is 0.503. The summed E-state index contributed by atoms with van der Waals surface area (Å²) >= 11 is 0. The third-order valence-electron chi connectivity index (χ3n) is 2.68. The molecule has 2 rings (SSSR count). The average Bonchev–Trinajstić information content (AvgIpc) is 2.72. The summed E-state index contributed by atoms with van der Waals surface area (Å²) in [6, 6.07) is 2.60.